The van der Waals surface area contributed by atoms with Gasteiger partial charge < -0.3 is 4.74 Å². The summed E-state index contributed by atoms with van der Waals surface area (Å²) in [6.07, 6.45) is 3.84. The van der Waals surface area contributed by atoms with Crippen molar-refractivity contribution in [3.05, 3.63) is 29.3 Å². The molecule has 0 spiro atoms. The molecular weight excluding hydrogens is 204 g/mol. The third-order valence-electron chi connectivity index (χ3n) is 1.98. The molecule has 0 saturated carbocycles. The largest absolute Gasteiger partial charge is 0.495 e. The Hall–Kier alpha value is -1.55. The van der Waals surface area contributed by atoms with E-state index >= 15 is 0 Å². The van der Waals surface area contributed by atoms with Crippen LogP contribution in [0.5, 0.6) is 5.75 Å². The van der Waals surface area contributed by atoms with Gasteiger partial charge in [-0.3, -0.25) is 9.20 Å². The fourth-order valence-electron chi connectivity index (χ4n) is 1.30. The summed E-state index contributed by atoms with van der Waals surface area (Å²) in [5.74, 6) is 0.474. The van der Waals surface area contributed by atoms with Crippen LogP contribution in [0.2, 0.25) is 5.02 Å². The van der Waals surface area contributed by atoms with Gasteiger partial charge in [0.2, 0.25) is 0 Å². The normalized spacial score (nSPS) is 10.4. The molecule has 0 aromatic carbocycles. The molecule has 14 heavy (non-hydrogen) atoms. The Morgan fingerprint density at radius 1 is 1.64 bits per heavy atom. The summed E-state index contributed by atoms with van der Waals surface area (Å²) in [7, 11) is 1.50. The van der Waals surface area contributed by atoms with Crippen molar-refractivity contribution in [1.29, 1.82) is 0 Å². The van der Waals surface area contributed by atoms with Crippen molar-refractivity contribution in [1.82, 2.24) is 9.38 Å². The van der Waals surface area contributed by atoms with Crippen LogP contribution in [0, 0.1) is 0 Å². The monoisotopic (exact) mass is 210 g/mol. The highest BCUT2D eigenvalue weighted by Gasteiger charge is 2.10. The van der Waals surface area contributed by atoms with E-state index in [2.05, 4.69) is 4.98 Å². The summed E-state index contributed by atoms with van der Waals surface area (Å²) in [5, 5.41) is 0.454. The zero-order chi connectivity index (χ0) is 10.1. The van der Waals surface area contributed by atoms with Gasteiger partial charge in [-0.05, 0) is 0 Å². The van der Waals surface area contributed by atoms with Crippen molar-refractivity contribution in [2.75, 3.05) is 7.11 Å². The smallest absolute Gasteiger partial charge is 0.166 e. The highest BCUT2D eigenvalue weighted by atomic mass is 35.5. The molecule has 2 rings (SSSR count). The fourth-order valence-corrected chi connectivity index (χ4v) is 1.57. The number of ether oxygens (including phenoxy) is 1. The Kier molecular flexibility index (Phi) is 2.13. The number of halogens is 1. The van der Waals surface area contributed by atoms with E-state index in [9.17, 15) is 4.79 Å². The number of carbonyl (C=O) groups excluding carboxylic acids is 1. The van der Waals surface area contributed by atoms with E-state index in [0.29, 0.717) is 22.0 Å². The van der Waals surface area contributed by atoms with Gasteiger partial charge in [0.15, 0.2) is 6.29 Å². The minimum atomic E-state index is 0.454. The zero-order valence-electron chi connectivity index (χ0n) is 7.40. The molecule has 0 bridgehead atoms. The van der Waals surface area contributed by atoms with Gasteiger partial charge in [0.25, 0.3) is 0 Å². The summed E-state index contributed by atoms with van der Waals surface area (Å²) in [6, 6.07) is 1.57. The molecular formula is C9H7ClN2O2. The molecule has 0 aliphatic carbocycles. The molecule has 2 aromatic rings. The van der Waals surface area contributed by atoms with Gasteiger partial charge >= 0.3 is 0 Å². The van der Waals surface area contributed by atoms with Crippen LogP contribution in [0.3, 0.4) is 0 Å². The molecule has 72 valence electrons. The minimum Gasteiger partial charge on any atom is -0.495 e. The zero-order valence-corrected chi connectivity index (χ0v) is 8.15. The minimum absolute atomic E-state index is 0.454. The maximum Gasteiger partial charge on any atom is 0.166 e. The Balaban J connectivity index is 2.86. The van der Waals surface area contributed by atoms with Crippen LogP contribution in [0.4, 0.5) is 0 Å². The van der Waals surface area contributed by atoms with Crippen molar-refractivity contribution in [2.45, 2.75) is 0 Å². The van der Waals surface area contributed by atoms with Gasteiger partial charge in [0.1, 0.15) is 10.8 Å². The summed E-state index contributed by atoms with van der Waals surface area (Å²) < 4.78 is 6.64. The van der Waals surface area contributed by atoms with Crippen LogP contribution < -0.4 is 4.74 Å². The number of nitrogens with zero attached hydrogens (tertiary/aromatic N) is 2. The van der Waals surface area contributed by atoms with Crippen LogP contribution >= 0.6 is 11.6 Å². The van der Waals surface area contributed by atoms with E-state index in [-0.39, 0.29) is 0 Å². The van der Waals surface area contributed by atoms with E-state index in [1.807, 2.05) is 0 Å². The standard InChI is InChI=1S/C9H7ClN2O2/c1-14-8-2-6(4-13)12-5-11-3-7(12)9(8)10/h2-5H,1H3. The first-order valence-electron chi connectivity index (χ1n) is 3.91. The second-order valence-electron chi connectivity index (χ2n) is 2.72. The number of fused-ring (bicyclic) bond motifs is 1. The number of rotatable bonds is 2. The Morgan fingerprint density at radius 3 is 3.07 bits per heavy atom. The van der Waals surface area contributed by atoms with Crippen LogP contribution in [0.1, 0.15) is 10.5 Å². The number of hydrogen-bond acceptors (Lipinski definition) is 3. The number of imidazole rings is 1. The number of methoxy groups -OCH3 is 1. The molecule has 2 aromatic heterocycles. The lowest BCUT2D eigenvalue weighted by molar-refractivity contribution is 0.111. The fraction of sp³-hybridized carbons (Fsp3) is 0.111. The number of hydrogen-bond donors (Lipinski definition) is 0. The quantitative estimate of drug-likeness (QED) is 0.710. The molecule has 0 fully saturated rings. The van der Waals surface area contributed by atoms with Gasteiger partial charge in [-0.15, -0.1) is 0 Å². The summed E-state index contributed by atoms with van der Waals surface area (Å²) in [4.78, 5) is 14.7. The first-order valence-corrected chi connectivity index (χ1v) is 4.29. The van der Waals surface area contributed by atoms with E-state index < -0.39 is 0 Å². The number of carbonyl (C=O) groups is 1. The number of pyridine rings is 1. The first kappa shape index (κ1) is 9.02. The van der Waals surface area contributed by atoms with Crippen LogP contribution in [-0.2, 0) is 0 Å². The van der Waals surface area contributed by atoms with Crippen LogP contribution in [-0.4, -0.2) is 22.8 Å². The van der Waals surface area contributed by atoms with Gasteiger partial charge in [-0.1, -0.05) is 11.6 Å². The molecule has 0 atom stereocenters. The SMILES string of the molecule is COc1cc(C=O)n2cncc2c1Cl. The average molecular weight is 211 g/mol. The highest BCUT2D eigenvalue weighted by Crippen LogP contribution is 2.29. The van der Waals surface area contributed by atoms with Gasteiger partial charge in [-0.25, -0.2) is 4.98 Å². The van der Waals surface area contributed by atoms with Crippen molar-refractivity contribution in [2.24, 2.45) is 0 Å². The molecule has 5 heteroatoms. The third kappa shape index (κ3) is 1.15. The number of aldehydes is 1. The van der Waals surface area contributed by atoms with Crippen molar-refractivity contribution in [3.63, 3.8) is 0 Å². The lowest BCUT2D eigenvalue weighted by Crippen LogP contribution is -1.96. The predicted octanol–water partition coefficient (Wildman–Crippen LogP) is 1.81. The van der Waals surface area contributed by atoms with Crippen LogP contribution in [0.25, 0.3) is 5.52 Å². The second kappa shape index (κ2) is 3.31. The molecule has 0 unspecified atom stereocenters. The van der Waals surface area contributed by atoms with E-state index in [1.54, 1.807) is 16.7 Å². The van der Waals surface area contributed by atoms with E-state index in [4.69, 9.17) is 16.3 Å². The molecule has 2 heterocycles. The average Bonchev–Trinajstić information content (AvgIpc) is 2.68. The van der Waals surface area contributed by atoms with E-state index in [1.165, 1.54) is 13.4 Å². The Labute approximate surface area is 85.1 Å². The molecule has 4 nitrogen and oxygen atoms in total. The second-order valence-corrected chi connectivity index (χ2v) is 3.10. The highest BCUT2D eigenvalue weighted by molar-refractivity contribution is 6.35. The Morgan fingerprint density at radius 2 is 2.43 bits per heavy atom. The first-order chi connectivity index (χ1) is 6.77. The summed E-state index contributed by atoms with van der Waals surface area (Å²) in [6.45, 7) is 0. The lowest BCUT2D eigenvalue weighted by Gasteiger charge is -2.06. The Bertz CT molecular complexity index is 493. The lowest BCUT2D eigenvalue weighted by atomic mass is 10.3. The molecule has 0 radical (unpaired) electrons. The molecule has 0 aliphatic rings. The maximum absolute atomic E-state index is 10.8. The van der Waals surface area contributed by atoms with Gasteiger partial charge in [-0.2, -0.15) is 0 Å². The van der Waals surface area contributed by atoms with Crippen molar-refractivity contribution >= 4 is 23.4 Å². The van der Waals surface area contributed by atoms with Crippen LogP contribution in [0.15, 0.2) is 18.6 Å². The molecule has 0 N–H and O–H groups in total. The summed E-state index contributed by atoms with van der Waals surface area (Å²) in [5.41, 5.74) is 1.12. The molecule has 0 saturated heterocycles. The summed E-state index contributed by atoms with van der Waals surface area (Å²) >= 11 is 6.01. The van der Waals surface area contributed by atoms with Gasteiger partial charge in [0, 0.05) is 6.07 Å². The molecule has 0 aliphatic heterocycles. The number of aromatic nitrogens is 2. The van der Waals surface area contributed by atoms with Gasteiger partial charge in [0.05, 0.1) is 30.8 Å². The molecule has 0 amide bonds. The van der Waals surface area contributed by atoms with Crippen molar-refractivity contribution in [3.8, 4) is 5.75 Å². The predicted molar refractivity (Wildman–Crippen MR) is 52.1 cm³/mol. The van der Waals surface area contributed by atoms with Crippen molar-refractivity contribution < 1.29 is 9.53 Å². The topological polar surface area (TPSA) is 43.6 Å². The maximum atomic E-state index is 10.8. The third-order valence-corrected chi connectivity index (χ3v) is 2.36. The van der Waals surface area contributed by atoms with E-state index in [0.717, 1.165) is 6.29 Å².